The first kappa shape index (κ1) is 13.3. The van der Waals surface area contributed by atoms with Gasteiger partial charge in [0, 0.05) is 19.6 Å². The van der Waals surface area contributed by atoms with E-state index < -0.39 is 10.0 Å². The van der Waals surface area contributed by atoms with E-state index >= 15 is 0 Å². The molecule has 1 N–H and O–H groups in total. The maximum Gasteiger partial charge on any atom is 0.213 e. The van der Waals surface area contributed by atoms with Crippen LogP contribution in [0.5, 0.6) is 0 Å². The highest BCUT2D eigenvalue weighted by Crippen LogP contribution is 2.30. The Hall–Kier alpha value is -0.130. The summed E-state index contributed by atoms with van der Waals surface area (Å²) in [4.78, 5) is 0. The maximum atomic E-state index is 11.9. The molecule has 2 rings (SSSR count). The summed E-state index contributed by atoms with van der Waals surface area (Å²) in [5.74, 6) is 0.939. The molecule has 100 valence electrons. The lowest BCUT2D eigenvalue weighted by Gasteiger charge is -2.16. The zero-order valence-electron chi connectivity index (χ0n) is 10.7. The highest BCUT2D eigenvalue weighted by molar-refractivity contribution is 7.89. The second kappa shape index (κ2) is 5.67. The third kappa shape index (κ3) is 4.94. The van der Waals surface area contributed by atoms with Crippen LogP contribution >= 0.6 is 0 Å². The molecule has 0 amide bonds. The van der Waals surface area contributed by atoms with Gasteiger partial charge in [-0.05, 0) is 51.0 Å². The van der Waals surface area contributed by atoms with Gasteiger partial charge >= 0.3 is 0 Å². The van der Waals surface area contributed by atoms with Crippen molar-refractivity contribution in [3.63, 3.8) is 0 Å². The molecule has 5 heteroatoms. The third-order valence-corrected chi connectivity index (χ3v) is 5.43. The van der Waals surface area contributed by atoms with Crippen LogP contribution in [-0.4, -0.2) is 44.7 Å². The van der Waals surface area contributed by atoms with Crippen molar-refractivity contribution in [1.82, 2.24) is 9.62 Å². The Morgan fingerprint density at radius 2 is 1.88 bits per heavy atom. The van der Waals surface area contributed by atoms with Crippen molar-refractivity contribution in [2.75, 3.05) is 25.9 Å². The number of hydrogen-bond donors (Lipinski definition) is 1. The third-order valence-electron chi connectivity index (χ3n) is 3.53. The van der Waals surface area contributed by atoms with E-state index in [1.807, 2.05) is 0 Å². The van der Waals surface area contributed by atoms with Gasteiger partial charge in [0.05, 0.1) is 5.75 Å². The van der Waals surface area contributed by atoms with Gasteiger partial charge in [-0.25, -0.2) is 12.7 Å². The first-order valence-electron chi connectivity index (χ1n) is 6.75. The van der Waals surface area contributed by atoms with E-state index in [9.17, 15) is 8.42 Å². The molecule has 0 radical (unpaired) electrons. The van der Waals surface area contributed by atoms with E-state index in [0.717, 1.165) is 32.0 Å². The number of nitrogens with zero attached hydrogens (tertiary/aromatic N) is 1. The molecule has 0 heterocycles. The number of hydrogen-bond acceptors (Lipinski definition) is 3. The average molecular weight is 260 g/mol. The van der Waals surface area contributed by atoms with Gasteiger partial charge < -0.3 is 5.32 Å². The summed E-state index contributed by atoms with van der Waals surface area (Å²) in [6.07, 6.45) is 6.73. The predicted molar refractivity (Wildman–Crippen MR) is 69.4 cm³/mol. The summed E-state index contributed by atoms with van der Waals surface area (Å²) in [6.45, 7) is 1.69. The van der Waals surface area contributed by atoms with Crippen molar-refractivity contribution >= 4 is 10.0 Å². The van der Waals surface area contributed by atoms with E-state index in [1.54, 1.807) is 11.4 Å². The van der Waals surface area contributed by atoms with E-state index in [1.165, 1.54) is 25.7 Å². The molecule has 0 aromatic heterocycles. The smallest absolute Gasteiger partial charge is 0.213 e. The van der Waals surface area contributed by atoms with Gasteiger partial charge in [0.2, 0.25) is 10.0 Å². The molecular formula is C12H24N2O2S. The summed E-state index contributed by atoms with van der Waals surface area (Å²) >= 11 is 0. The van der Waals surface area contributed by atoms with Gasteiger partial charge in [-0.1, -0.05) is 0 Å². The molecule has 0 aliphatic heterocycles. The minimum Gasteiger partial charge on any atom is -0.314 e. The highest BCUT2D eigenvalue weighted by atomic mass is 32.2. The normalized spacial score (nSPS) is 21.1. The van der Waals surface area contributed by atoms with Crippen LogP contribution in [0.4, 0.5) is 0 Å². The fourth-order valence-corrected chi connectivity index (χ4v) is 3.26. The highest BCUT2D eigenvalue weighted by Gasteiger charge is 2.27. The number of nitrogens with one attached hydrogen (secondary N) is 1. The van der Waals surface area contributed by atoms with Crippen LogP contribution in [0.3, 0.4) is 0 Å². The van der Waals surface area contributed by atoms with E-state index in [4.69, 9.17) is 0 Å². The Morgan fingerprint density at radius 3 is 2.47 bits per heavy atom. The molecule has 0 bridgehead atoms. The van der Waals surface area contributed by atoms with Crippen LogP contribution in [0.1, 0.15) is 38.5 Å². The minimum atomic E-state index is -2.99. The van der Waals surface area contributed by atoms with E-state index in [-0.39, 0.29) is 0 Å². The molecule has 0 aromatic carbocycles. The first-order chi connectivity index (χ1) is 8.08. The van der Waals surface area contributed by atoms with Gasteiger partial charge in [0.1, 0.15) is 0 Å². The second-order valence-electron chi connectivity index (χ2n) is 5.48. The summed E-state index contributed by atoms with van der Waals surface area (Å²) in [7, 11) is -1.28. The van der Waals surface area contributed by atoms with Crippen molar-refractivity contribution in [3.05, 3.63) is 0 Å². The standard InChI is InChI=1S/C12H24N2O2S/c1-14(10-11-4-5-11)17(15,16)9-3-2-8-13-12-6-7-12/h11-13H,2-10H2,1H3. The lowest BCUT2D eigenvalue weighted by Crippen LogP contribution is -2.31. The van der Waals surface area contributed by atoms with Crippen molar-refractivity contribution in [2.24, 2.45) is 5.92 Å². The number of sulfonamides is 1. The zero-order chi connectivity index (χ0) is 12.3. The lowest BCUT2D eigenvalue weighted by molar-refractivity contribution is 0.450. The Labute approximate surface area is 105 Å². The van der Waals surface area contributed by atoms with Crippen molar-refractivity contribution in [3.8, 4) is 0 Å². The molecule has 2 aliphatic carbocycles. The molecule has 0 atom stereocenters. The van der Waals surface area contributed by atoms with Crippen LogP contribution in [0.25, 0.3) is 0 Å². The topological polar surface area (TPSA) is 49.4 Å². The van der Waals surface area contributed by atoms with Crippen LogP contribution in [0, 0.1) is 5.92 Å². The molecule has 4 nitrogen and oxygen atoms in total. The molecule has 2 aliphatic rings. The Morgan fingerprint density at radius 1 is 1.18 bits per heavy atom. The van der Waals surface area contributed by atoms with Crippen molar-refractivity contribution < 1.29 is 8.42 Å². The van der Waals surface area contributed by atoms with Crippen LogP contribution in [0.2, 0.25) is 0 Å². The molecule has 0 unspecified atom stereocenters. The summed E-state index contributed by atoms with van der Waals surface area (Å²) < 4.78 is 25.4. The molecule has 2 saturated carbocycles. The predicted octanol–water partition coefficient (Wildman–Crippen LogP) is 1.19. The van der Waals surface area contributed by atoms with Crippen LogP contribution in [0.15, 0.2) is 0 Å². The Bertz CT molecular complexity index is 334. The molecular weight excluding hydrogens is 236 g/mol. The monoisotopic (exact) mass is 260 g/mol. The largest absolute Gasteiger partial charge is 0.314 e. The average Bonchev–Trinajstić information content (AvgIpc) is 3.11. The minimum absolute atomic E-state index is 0.308. The Balaban J connectivity index is 1.57. The van der Waals surface area contributed by atoms with E-state index in [0.29, 0.717) is 11.7 Å². The van der Waals surface area contributed by atoms with Crippen LogP contribution < -0.4 is 5.32 Å². The van der Waals surface area contributed by atoms with E-state index in [2.05, 4.69) is 5.32 Å². The fraction of sp³-hybridized carbons (Fsp3) is 1.00. The van der Waals surface area contributed by atoms with Crippen molar-refractivity contribution in [2.45, 2.75) is 44.6 Å². The molecule has 0 saturated heterocycles. The molecule has 0 spiro atoms. The fourth-order valence-electron chi connectivity index (χ4n) is 1.94. The van der Waals surface area contributed by atoms with Gasteiger partial charge in [-0.3, -0.25) is 0 Å². The lowest BCUT2D eigenvalue weighted by atomic mass is 10.3. The second-order valence-corrected chi connectivity index (χ2v) is 7.67. The first-order valence-corrected chi connectivity index (χ1v) is 8.36. The van der Waals surface area contributed by atoms with Gasteiger partial charge in [0.25, 0.3) is 0 Å². The zero-order valence-corrected chi connectivity index (χ0v) is 11.5. The summed E-state index contributed by atoms with van der Waals surface area (Å²) in [6, 6.07) is 0.726. The van der Waals surface area contributed by atoms with Gasteiger partial charge in [0.15, 0.2) is 0 Å². The number of rotatable bonds is 9. The number of unbranched alkanes of at least 4 members (excludes halogenated alkanes) is 1. The molecule has 2 fully saturated rings. The molecule has 17 heavy (non-hydrogen) atoms. The van der Waals surface area contributed by atoms with Gasteiger partial charge in [-0.2, -0.15) is 0 Å². The SMILES string of the molecule is CN(CC1CC1)S(=O)(=O)CCCCNC1CC1. The van der Waals surface area contributed by atoms with Crippen LogP contribution in [-0.2, 0) is 10.0 Å². The Kier molecular flexibility index (Phi) is 4.44. The molecule has 0 aromatic rings. The summed E-state index contributed by atoms with van der Waals surface area (Å²) in [5, 5.41) is 3.41. The van der Waals surface area contributed by atoms with Gasteiger partial charge in [-0.15, -0.1) is 0 Å². The van der Waals surface area contributed by atoms with Crippen molar-refractivity contribution in [1.29, 1.82) is 0 Å². The summed E-state index contributed by atoms with van der Waals surface area (Å²) in [5.41, 5.74) is 0. The maximum absolute atomic E-state index is 11.9. The quantitative estimate of drug-likeness (QED) is 0.634.